The Hall–Kier alpha value is -3.57. The summed E-state index contributed by atoms with van der Waals surface area (Å²) in [6.45, 7) is 9.12. The van der Waals surface area contributed by atoms with Crippen LogP contribution in [0.25, 0.3) is 11.6 Å². The van der Waals surface area contributed by atoms with Crippen LogP contribution >= 0.6 is 11.6 Å². The topological polar surface area (TPSA) is 156 Å². The highest BCUT2D eigenvalue weighted by Gasteiger charge is 2.37. The van der Waals surface area contributed by atoms with Gasteiger partial charge in [-0.1, -0.05) is 25.4 Å². The van der Waals surface area contributed by atoms with Crippen LogP contribution in [0.4, 0.5) is 11.8 Å². The third-order valence-corrected chi connectivity index (χ3v) is 6.21. The average molecular weight is 514 g/mol. The van der Waals surface area contributed by atoms with Crippen LogP contribution in [0.1, 0.15) is 48.8 Å². The van der Waals surface area contributed by atoms with Gasteiger partial charge in [0.2, 0.25) is 5.95 Å². The number of fused-ring (bicyclic) bond motifs is 1. The second-order valence-corrected chi connectivity index (χ2v) is 8.74. The highest BCUT2D eigenvalue weighted by Crippen LogP contribution is 2.40. The lowest BCUT2D eigenvalue weighted by Gasteiger charge is -2.17. The van der Waals surface area contributed by atoms with Crippen molar-refractivity contribution in [3.05, 3.63) is 34.2 Å². The second-order valence-electron chi connectivity index (χ2n) is 8.39. The van der Waals surface area contributed by atoms with Gasteiger partial charge in [0.25, 0.3) is 11.8 Å². The van der Waals surface area contributed by atoms with E-state index in [0.29, 0.717) is 29.8 Å². The molecule has 36 heavy (non-hydrogen) atoms. The van der Waals surface area contributed by atoms with Gasteiger partial charge in [0.05, 0.1) is 23.2 Å². The molecule has 2 aromatic heterocycles. The van der Waals surface area contributed by atoms with Gasteiger partial charge in [-0.2, -0.15) is 4.98 Å². The second kappa shape index (κ2) is 11.9. The highest BCUT2D eigenvalue weighted by atomic mass is 35.5. The predicted octanol–water partition coefficient (Wildman–Crippen LogP) is 2.50. The van der Waals surface area contributed by atoms with Crippen molar-refractivity contribution >= 4 is 58.3 Å². The Morgan fingerprint density at radius 1 is 1.36 bits per heavy atom. The van der Waals surface area contributed by atoms with Crippen molar-refractivity contribution in [1.29, 1.82) is 5.41 Å². The summed E-state index contributed by atoms with van der Waals surface area (Å²) in [5.74, 6) is -0.416. The number of nitrogens with zero attached hydrogens (tertiary/aromatic N) is 5. The van der Waals surface area contributed by atoms with E-state index < -0.39 is 0 Å². The van der Waals surface area contributed by atoms with Crippen LogP contribution in [-0.4, -0.2) is 82.9 Å². The Balaban J connectivity index is 1.84. The molecule has 0 unspecified atom stereocenters. The molecule has 2 amide bonds. The van der Waals surface area contributed by atoms with Crippen molar-refractivity contribution in [1.82, 2.24) is 25.2 Å². The van der Waals surface area contributed by atoms with Crippen molar-refractivity contribution in [3.63, 3.8) is 0 Å². The first-order valence-corrected chi connectivity index (χ1v) is 12.1. The molecule has 0 atom stereocenters. The molecule has 12 heteroatoms. The molecule has 3 heterocycles. The first kappa shape index (κ1) is 27.0. The number of rotatable bonds is 11. The van der Waals surface area contributed by atoms with E-state index in [2.05, 4.69) is 44.0 Å². The third kappa shape index (κ3) is 6.16. The van der Waals surface area contributed by atoms with Crippen LogP contribution in [0, 0.1) is 5.41 Å². The Kier molecular flexibility index (Phi) is 8.94. The molecule has 3 rings (SSSR count). The van der Waals surface area contributed by atoms with Gasteiger partial charge < -0.3 is 26.3 Å². The molecule has 0 saturated heterocycles. The minimum absolute atomic E-state index is 0.00767. The van der Waals surface area contributed by atoms with E-state index in [0.717, 1.165) is 25.3 Å². The number of aromatic amines is 1. The molecule has 0 spiro atoms. The number of likely N-dealkylation sites (N-methyl/N-ethyl adjacent to an activating group) is 1. The molecule has 0 saturated carbocycles. The minimum atomic E-state index is -0.387. The number of carbonyl (C=O) groups excluding carboxylic acids is 2. The van der Waals surface area contributed by atoms with Crippen LogP contribution in [0.15, 0.2) is 17.3 Å². The first-order valence-electron chi connectivity index (χ1n) is 11.7. The normalized spacial score (nSPS) is 14.6. The Morgan fingerprint density at radius 2 is 2.08 bits per heavy atom. The van der Waals surface area contributed by atoms with E-state index in [9.17, 15) is 9.59 Å². The predicted molar refractivity (Wildman–Crippen MR) is 144 cm³/mol. The first-order chi connectivity index (χ1) is 17.2. The zero-order valence-electron chi connectivity index (χ0n) is 21.0. The maximum atomic E-state index is 13.4. The van der Waals surface area contributed by atoms with Gasteiger partial charge in [-0.3, -0.25) is 19.5 Å². The minimum Gasteiger partial charge on any atom is -0.368 e. The molecule has 2 aromatic rings. The van der Waals surface area contributed by atoms with Crippen LogP contribution in [0.5, 0.6) is 0 Å². The van der Waals surface area contributed by atoms with E-state index >= 15 is 0 Å². The SMILES string of the molecule is CCN(CC)CCNC(=O)c1c[nH]c(C=C2C(=O)N(CC(=N)CC(C)=NC)c3nc(N)nc(Cl)c32)c1. The van der Waals surface area contributed by atoms with E-state index in [1.54, 1.807) is 25.4 Å². The Bertz CT molecular complexity index is 1210. The monoisotopic (exact) mass is 513 g/mol. The molecule has 5 N–H and O–H groups in total. The number of halogens is 1. The molecule has 192 valence electrons. The summed E-state index contributed by atoms with van der Waals surface area (Å²) in [4.78, 5) is 44.9. The largest absolute Gasteiger partial charge is 0.368 e. The molecular formula is C24H32ClN9O2. The van der Waals surface area contributed by atoms with Crippen LogP contribution in [-0.2, 0) is 4.79 Å². The van der Waals surface area contributed by atoms with Crippen molar-refractivity contribution in [2.24, 2.45) is 4.99 Å². The molecule has 1 aliphatic rings. The smallest absolute Gasteiger partial charge is 0.260 e. The summed E-state index contributed by atoms with van der Waals surface area (Å²) in [6.07, 6.45) is 3.51. The molecule has 1 aliphatic heterocycles. The average Bonchev–Trinajstić information content (AvgIpc) is 3.41. The maximum absolute atomic E-state index is 13.4. The molecule has 0 fully saturated rings. The van der Waals surface area contributed by atoms with E-state index in [-0.39, 0.29) is 46.6 Å². The van der Waals surface area contributed by atoms with Gasteiger partial charge in [-0.25, -0.2) is 4.98 Å². The fourth-order valence-electron chi connectivity index (χ4n) is 3.88. The van der Waals surface area contributed by atoms with E-state index in [1.165, 1.54) is 4.90 Å². The van der Waals surface area contributed by atoms with Crippen molar-refractivity contribution in [2.45, 2.75) is 27.2 Å². The fourth-order valence-corrected chi connectivity index (χ4v) is 4.15. The zero-order chi connectivity index (χ0) is 26.4. The number of aromatic nitrogens is 3. The zero-order valence-corrected chi connectivity index (χ0v) is 21.7. The molecule has 11 nitrogen and oxygen atoms in total. The van der Waals surface area contributed by atoms with Gasteiger partial charge in [0, 0.05) is 49.9 Å². The van der Waals surface area contributed by atoms with Gasteiger partial charge in [-0.15, -0.1) is 0 Å². The molecule has 0 radical (unpaired) electrons. The van der Waals surface area contributed by atoms with Gasteiger partial charge >= 0.3 is 0 Å². The van der Waals surface area contributed by atoms with Crippen LogP contribution in [0.3, 0.4) is 0 Å². The number of H-pyrrole nitrogens is 1. The standard InChI is InChI=1S/C24H32ClN9O2/c1-5-33(6-2)8-7-29-22(35)15-10-17(30-12-15)11-18-19-20(25)31-24(27)32-21(19)34(23(18)36)13-16(26)9-14(3)28-4/h10-12,26,30H,5-9,13H2,1-4H3,(H,29,35)(H2,27,31,32). The summed E-state index contributed by atoms with van der Waals surface area (Å²) < 4.78 is 0. The van der Waals surface area contributed by atoms with Crippen LogP contribution in [0.2, 0.25) is 5.15 Å². The van der Waals surface area contributed by atoms with Gasteiger partial charge in [0.1, 0.15) is 5.15 Å². The molecular weight excluding hydrogens is 482 g/mol. The van der Waals surface area contributed by atoms with E-state index in [1.807, 2.05) is 6.92 Å². The summed E-state index contributed by atoms with van der Waals surface area (Å²) >= 11 is 6.37. The van der Waals surface area contributed by atoms with Gasteiger partial charge in [0.15, 0.2) is 5.82 Å². The van der Waals surface area contributed by atoms with Crippen LogP contribution < -0.4 is 16.0 Å². The number of hydrogen-bond donors (Lipinski definition) is 4. The maximum Gasteiger partial charge on any atom is 0.260 e. The summed E-state index contributed by atoms with van der Waals surface area (Å²) in [7, 11) is 1.66. The molecule has 0 aromatic carbocycles. The summed E-state index contributed by atoms with van der Waals surface area (Å²) in [5.41, 5.74) is 8.42. The lowest BCUT2D eigenvalue weighted by molar-refractivity contribution is -0.112. The number of hydrogen-bond acceptors (Lipinski definition) is 8. The number of anilines is 2. The summed E-state index contributed by atoms with van der Waals surface area (Å²) in [6, 6.07) is 1.66. The van der Waals surface area contributed by atoms with Crippen molar-refractivity contribution < 1.29 is 9.59 Å². The third-order valence-electron chi connectivity index (χ3n) is 5.94. The lowest BCUT2D eigenvalue weighted by atomic mass is 10.1. The lowest BCUT2D eigenvalue weighted by Crippen LogP contribution is -2.34. The number of carbonyl (C=O) groups is 2. The Labute approximate surface area is 215 Å². The summed E-state index contributed by atoms with van der Waals surface area (Å²) in [5, 5.41) is 11.3. The number of nitrogens with two attached hydrogens (primary N) is 1. The Morgan fingerprint density at radius 3 is 2.75 bits per heavy atom. The molecule has 0 bridgehead atoms. The highest BCUT2D eigenvalue weighted by molar-refractivity contribution is 6.41. The number of nitrogen functional groups attached to an aromatic ring is 1. The number of nitrogens with one attached hydrogen (secondary N) is 3. The fraction of sp³-hybridized carbons (Fsp3) is 0.417. The quantitative estimate of drug-likeness (QED) is 0.205. The van der Waals surface area contributed by atoms with E-state index in [4.69, 9.17) is 22.7 Å². The number of aliphatic imine (C=N–C) groups is 1. The number of amides is 2. The van der Waals surface area contributed by atoms with Crippen molar-refractivity contribution in [3.8, 4) is 0 Å². The van der Waals surface area contributed by atoms with Gasteiger partial charge in [-0.05, 0) is 32.2 Å². The molecule has 0 aliphatic carbocycles. The van der Waals surface area contributed by atoms with Crippen molar-refractivity contribution in [2.75, 3.05) is 50.4 Å².